The number of rotatable bonds is 16. The molecule has 1 atom stereocenters. The van der Waals surface area contributed by atoms with Crippen molar-refractivity contribution in [1.29, 1.82) is 0 Å². The van der Waals surface area contributed by atoms with Crippen LogP contribution in [0.25, 0.3) is 0 Å². The van der Waals surface area contributed by atoms with Crippen LogP contribution in [0.1, 0.15) is 32.7 Å². The average molecular weight is 689 g/mol. The second-order valence-corrected chi connectivity index (χ2v) is 11.8. The lowest BCUT2D eigenvalue weighted by molar-refractivity contribution is 0.0512. The van der Waals surface area contributed by atoms with Crippen molar-refractivity contribution in [2.45, 2.75) is 18.6 Å². The molecule has 1 unspecified atom stereocenters. The molecule has 0 spiro atoms. The minimum absolute atomic E-state index is 0.129. The highest BCUT2D eigenvalue weighted by Crippen LogP contribution is 2.37. The molecular weight excluding hydrogens is 648 g/mol. The lowest BCUT2D eigenvalue weighted by atomic mass is 9.85. The topological polar surface area (TPSA) is 171 Å². The van der Waals surface area contributed by atoms with Crippen molar-refractivity contribution in [2.75, 3.05) is 50.2 Å². The Hall–Kier alpha value is -6.05. The summed E-state index contributed by atoms with van der Waals surface area (Å²) >= 11 is 0. The summed E-state index contributed by atoms with van der Waals surface area (Å²) in [4.78, 5) is 38.6. The normalized spacial score (nSPS) is 16.8. The maximum Gasteiger partial charge on any atom is 0.251 e. The van der Waals surface area contributed by atoms with Crippen LogP contribution in [-0.4, -0.2) is 78.9 Å². The molecule has 6 N–H and O–H groups in total. The van der Waals surface area contributed by atoms with Gasteiger partial charge in [-0.2, -0.15) is 0 Å². The maximum atomic E-state index is 12.7. The number of ether oxygens (including phenoxy) is 2. The van der Waals surface area contributed by atoms with Gasteiger partial charge in [0.05, 0.1) is 33.0 Å². The number of aliphatic imine (C=N–C) groups is 2. The second kappa shape index (κ2) is 17.1. The monoisotopic (exact) mass is 688 g/mol. The van der Waals surface area contributed by atoms with E-state index in [2.05, 4.69) is 31.6 Å². The van der Waals surface area contributed by atoms with E-state index in [1.807, 2.05) is 48.5 Å². The third-order valence-corrected chi connectivity index (χ3v) is 8.01. The maximum absolute atomic E-state index is 12.7. The van der Waals surface area contributed by atoms with Gasteiger partial charge in [-0.1, -0.05) is 18.2 Å². The number of hydrogen-bond donors (Lipinski definition) is 6. The molecule has 0 radical (unpaired) electrons. The molecule has 1 aliphatic carbocycles. The number of carbonyl (C=O) groups is 2. The van der Waals surface area contributed by atoms with Gasteiger partial charge in [0.25, 0.3) is 11.8 Å². The molecule has 1 aromatic heterocycles. The summed E-state index contributed by atoms with van der Waals surface area (Å²) in [5, 5.41) is 25.6. The quantitative estimate of drug-likeness (QED) is 0.0750. The molecule has 262 valence electrons. The van der Waals surface area contributed by atoms with Crippen molar-refractivity contribution in [1.82, 2.24) is 20.9 Å². The van der Waals surface area contributed by atoms with Crippen molar-refractivity contribution in [3.8, 4) is 5.75 Å². The van der Waals surface area contributed by atoms with E-state index < -0.39 is 5.66 Å². The molecule has 0 saturated heterocycles. The molecule has 7 rings (SSSR count). The largest absolute Gasteiger partial charge is 0.508 e. The standard InChI is InChI=1S/C38H40N8O5/c47-33-12-10-31(11-13-33)43-37-44-34(40-18-20-50-22-23-51-21-19-41-35(48)28-4-2-1-3-5-28)30-24-38(25-30,46-37)45-32-8-6-29(7-9-32)36(49)42-26-27-14-16-39-17-15-27/h1-17,24,45,47H,18-23,25-26H2,(H,41,48)(H,42,49)(H2,40,43,44,46). The Morgan fingerprint density at radius 3 is 2.22 bits per heavy atom. The number of carbonyl (C=O) groups excluding carboxylic acids is 2. The molecule has 2 amide bonds. The fourth-order valence-corrected chi connectivity index (χ4v) is 5.40. The molecule has 51 heavy (non-hydrogen) atoms. The Labute approximate surface area is 295 Å². The fraction of sp³-hybridized carbons (Fsp3) is 0.237. The third kappa shape index (κ3) is 10.00. The summed E-state index contributed by atoms with van der Waals surface area (Å²) in [5.41, 5.74) is 3.94. The summed E-state index contributed by atoms with van der Waals surface area (Å²) < 4.78 is 11.3. The number of guanidine groups is 1. The van der Waals surface area contributed by atoms with Gasteiger partial charge in [0.15, 0.2) is 5.66 Å². The van der Waals surface area contributed by atoms with E-state index in [9.17, 15) is 14.7 Å². The second-order valence-electron chi connectivity index (χ2n) is 11.8. The number of aromatic nitrogens is 1. The molecule has 3 aromatic carbocycles. The molecule has 0 fully saturated rings. The number of phenols is 1. The van der Waals surface area contributed by atoms with Crippen LogP contribution in [0.3, 0.4) is 0 Å². The van der Waals surface area contributed by atoms with Gasteiger partial charge in [-0.05, 0) is 90.0 Å². The van der Waals surface area contributed by atoms with Crippen LogP contribution >= 0.6 is 0 Å². The van der Waals surface area contributed by atoms with Crippen LogP contribution in [0.2, 0.25) is 0 Å². The van der Waals surface area contributed by atoms with Crippen LogP contribution in [0.15, 0.2) is 125 Å². The molecule has 2 bridgehead atoms. The van der Waals surface area contributed by atoms with Crippen molar-refractivity contribution in [3.63, 3.8) is 0 Å². The number of nitrogens with one attached hydrogen (secondary N) is 5. The Kier molecular flexibility index (Phi) is 11.6. The predicted octanol–water partition coefficient (Wildman–Crippen LogP) is 4.09. The van der Waals surface area contributed by atoms with E-state index in [0.29, 0.717) is 75.4 Å². The highest BCUT2D eigenvalue weighted by molar-refractivity contribution is 6.15. The number of aromatic hydroxyl groups is 1. The van der Waals surface area contributed by atoms with Crippen molar-refractivity contribution in [2.24, 2.45) is 9.98 Å². The number of fused-ring (bicyclic) bond motifs is 2. The minimum Gasteiger partial charge on any atom is -0.508 e. The van der Waals surface area contributed by atoms with E-state index in [4.69, 9.17) is 19.5 Å². The predicted molar refractivity (Wildman–Crippen MR) is 196 cm³/mol. The zero-order chi connectivity index (χ0) is 35.3. The van der Waals surface area contributed by atoms with E-state index in [0.717, 1.165) is 22.5 Å². The van der Waals surface area contributed by atoms with Gasteiger partial charge in [-0.15, -0.1) is 0 Å². The van der Waals surface area contributed by atoms with Gasteiger partial charge in [0.2, 0.25) is 5.96 Å². The van der Waals surface area contributed by atoms with Crippen LogP contribution in [0.5, 0.6) is 5.75 Å². The van der Waals surface area contributed by atoms with E-state index >= 15 is 0 Å². The van der Waals surface area contributed by atoms with Gasteiger partial charge in [0, 0.05) is 54.4 Å². The molecule has 4 aromatic rings. The van der Waals surface area contributed by atoms with Crippen LogP contribution < -0.4 is 26.6 Å². The SMILES string of the molecule is O=C(NCCOCCOCCN=C1NC(Nc2ccc(O)cc2)=NC2(Nc3ccc(C(=O)NCc4ccncc4)cc3)C=C1C2)c1ccccc1. The number of phenolic OH excluding ortho intramolecular Hbond substituents is 1. The summed E-state index contributed by atoms with van der Waals surface area (Å²) in [6.07, 6.45) is 6.01. The zero-order valence-corrected chi connectivity index (χ0v) is 28.0. The minimum atomic E-state index is -0.738. The molecular formula is C38H40N8O5. The van der Waals surface area contributed by atoms with E-state index in [1.54, 1.807) is 60.9 Å². The highest BCUT2D eigenvalue weighted by Gasteiger charge is 2.42. The first kappa shape index (κ1) is 34.8. The molecule has 2 aliphatic heterocycles. The van der Waals surface area contributed by atoms with E-state index in [-0.39, 0.29) is 17.6 Å². The Morgan fingerprint density at radius 2 is 1.47 bits per heavy atom. The van der Waals surface area contributed by atoms with Crippen molar-refractivity contribution in [3.05, 3.63) is 132 Å². The first-order valence-corrected chi connectivity index (χ1v) is 16.7. The number of amidine groups is 1. The van der Waals surface area contributed by atoms with Crippen LogP contribution in [0, 0.1) is 0 Å². The third-order valence-electron chi connectivity index (χ3n) is 8.01. The van der Waals surface area contributed by atoms with Crippen LogP contribution in [-0.2, 0) is 16.0 Å². The smallest absolute Gasteiger partial charge is 0.251 e. The average Bonchev–Trinajstić information content (AvgIpc) is 3.38. The summed E-state index contributed by atoms with van der Waals surface area (Å²) in [5.74, 6) is 1.04. The molecule has 0 saturated carbocycles. The van der Waals surface area contributed by atoms with Gasteiger partial charge in [-0.25, -0.2) is 4.99 Å². The fourth-order valence-electron chi connectivity index (χ4n) is 5.40. The number of pyridine rings is 1. The Morgan fingerprint density at radius 1 is 0.804 bits per heavy atom. The molecule has 3 aliphatic rings. The first-order chi connectivity index (χ1) is 24.9. The van der Waals surface area contributed by atoms with Crippen molar-refractivity contribution < 1.29 is 24.2 Å². The summed E-state index contributed by atoms with van der Waals surface area (Å²) in [7, 11) is 0. The lowest BCUT2D eigenvalue weighted by Gasteiger charge is -2.36. The summed E-state index contributed by atoms with van der Waals surface area (Å²) in [6, 6.07) is 26.8. The Bertz CT molecular complexity index is 1870. The first-order valence-electron chi connectivity index (χ1n) is 16.7. The number of anilines is 2. The van der Waals surface area contributed by atoms with Crippen molar-refractivity contribution >= 4 is 35.0 Å². The molecule has 13 nitrogen and oxygen atoms in total. The lowest BCUT2D eigenvalue weighted by Crippen LogP contribution is -2.42. The molecule has 13 heteroatoms. The number of amides is 2. The van der Waals surface area contributed by atoms with Gasteiger partial charge < -0.3 is 41.2 Å². The van der Waals surface area contributed by atoms with Gasteiger partial charge in [-0.3, -0.25) is 19.6 Å². The number of nitrogens with zero attached hydrogens (tertiary/aromatic N) is 3. The Balaban J connectivity index is 1.00. The van der Waals surface area contributed by atoms with Crippen LogP contribution in [0.4, 0.5) is 11.4 Å². The highest BCUT2D eigenvalue weighted by atomic mass is 16.5. The zero-order valence-electron chi connectivity index (χ0n) is 28.0. The van der Waals surface area contributed by atoms with Gasteiger partial charge in [0.1, 0.15) is 11.6 Å². The number of hydrogen-bond acceptors (Lipinski definition) is 10. The number of benzene rings is 3. The molecule has 3 heterocycles. The van der Waals surface area contributed by atoms with Gasteiger partial charge >= 0.3 is 0 Å². The summed E-state index contributed by atoms with van der Waals surface area (Å²) in [6.45, 7) is 2.85. The van der Waals surface area contributed by atoms with E-state index in [1.165, 1.54) is 0 Å².